The highest BCUT2D eigenvalue weighted by molar-refractivity contribution is 7.99. The zero-order valence-electron chi connectivity index (χ0n) is 10.7. The van der Waals surface area contributed by atoms with Gasteiger partial charge in [-0.3, -0.25) is 9.59 Å². The Balaban J connectivity index is 3.69. The van der Waals surface area contributed by atoms with Crippen LogP contribution >= 0.6 is 11.8 Å². The van der Waals surface area contributed by atoms with Gasteiger partial charge in [0, 0.05) is 5.54 Å². The van der Waals surface area contributed by atoms with Crippen LogP contribution in [0, 0.1) is 0 Å². The van der Waals surface area contributed by atoms with Crippen molar-refractivity contribution >= 4 is 23.6 Å². The van der Waals surface area contributed by atoms with Gasteiger partial charge < -0.3 is 16.2 Å². The molecule has 0 saturated carbocycles. The minimum absolute atomic E-state index is 0.0225. The summed E-state index contributed by atoms with van der Waals surface area (Å²) < 4.78 is 0. The second-order valence-corrected chi connectivity index (χ2v) is 5.68. The van der Waals surface area contributed by atoms with Crippen LogP contribution in [0.2, 0.25) is 0 Å². The average molecular weight is 262 g/mol. The van der Waals surface area contributed by atoms with Crippen LogP contribution in [0.15, 0.2) is 0 Å². The fourth-order valence-corrected chi connectivity index (χ4v) is 1.82. The zero-order valence-corrected chi connectivity index (χ0v) is 11.5. The van der Waals surface area contributed by atoms with Crippen molar-refractivity contribution in [3.63, 3.8) is 0 Å². The van der Waals surface area contributed by atoms with Gasteiger partial charge in [0.15, 0.2) is 0 Å². The Morgan fingerprint density at radius 2 is 2.06 bits per heavy atom. The molecule has 0 fully saturated rings. The first-order valence-electron chi connectivity index (χ1n) is 5.65. The molecule has 0 aromatic heterocycles. The van der Waals surface area contributed by atoms with Crippen LogP contribution in [-0.4, -0.2) is 40.1 Å². The molecule has 0 aliphatic carbocycles. The van der Waals surface area contributed by atoms with E-state index in [0.717, 1.165) is 6.42 Å². The molecular weight excluding hydrogens is 240 g/mol. The van der Waals surface area contributed by atoms with E-state index in [9.17, 15) is 9.59 Å². The molecule has 0 heterocycles. The molecule has 0 spiro atoms. The van der Waals surface area contributed by atoms with Crippen molar-refractivity contribution in [3.05, 3.63) is 0 Å². The SMILES string of the molecule is CCC(C)(C)NC(=O)CSCCC(N)C(=O)O. The van der Waals surface area contributed by atoms with Crippen molar-refractivity contribution in [1.29, 1.82) is 0 Å². The van der Waals surface area contributed by atoms with E-state index in [4.69, 9.17) is 10.8 Å². The molecule has 4 N–H and O–H groups in total. The maximum atomic E-state index is 11.5. The van der Waals surface area contributed by atoms with Crippen LogP contribution in [0.4, 0.5) is 0 Å². The number of amides is 1. The van der Waals surface area contributed by atoms with Crippen LogP contribution in [0.5, 0.6) is 0 Å². The first-order valence-corrected chi connectivity index (χ1v) is 6.81. The van der Waals surface area contributed by atoms with Gasteiger partial charge in [-0.05, 0) is 32.4 Å². The molecule has 0 radical (unpaired) electrons. The lowest BCUT2D eigenvalue weighted by atomic mass is 10.0. The fraction of sp³-hybridized carbons (Fsp3) is 0.818. The molecule has 5 nitrogen and oxygen atoms in total. The second-order valence-electron chi connectivity index (χ2n) is 4.57. The molecular formula is C11H22N2O3S. The van der Waals surface area contributed by atoms with Crippen LogP contribution in [-0.2, 0) is 9.59 Å². The number of carboxylic acid groups (broad SMARTS) is 1. The Hall–Kier alpha value is -0.750. The number of carbonyl (C=O) groups is 2. The van der Waals surface area contributed by atoms with Gasteiger partial charge in [-0.15, -0.1) is 0 Å². The van der Waals surface area contributed by atoms with Crippen LogP contribution < -0.4 is 11.1 Å². The number of hydrogen-bond donors (Lipinski definition) is 3. The minimum Gasteiger partial charge on any atom is -0.480 e. The van der Waals surface area contributed by atoms with E-state index in [1.807, 2.05) is 20.8 Å². The predicted molar refractivity (Wildman–Crippen MR) is 70.1 cm³/mol. The van der Waals surface area contributed by atoms with Crippen molar-refractivity contribution in [3.8, 4) is 0 Å². The van der Waals surface area contributed by atoms with Crippen LogP contribution in [0.1, 0.15) is 33.6 Å². The molecule has 100 valence electrons. The van der Waals surface area contributed by atoms with Gasteiger partial charge in [0.1, 0.15) is 6.04 Å². The highest BCUT2D eigenvalue weighted by atomic mass is 32.2. The molecule has 0 aliphatic rings. The van der Waals surface area contributed by atoms with E-state index in [2.05, 4.69) is 5.32 Å². The Labute approximate surface area is 107 Å². The summed E-state index contributed by atoms with van der Waals surface area (Å²) in [5.74, 6) is -0.101. The summed E-state index contributed by atoms with van der Waals surface area (Å²) in [6.07, 6.45) is 1.25. The normalized spacial score (nSPS) is 13.2. The minimum atomic E-state index is -0.998. The van der Waals surface area contributed by atoms with Gasteiger partial charge in [-0.1, -0.05) is 6.92 Å². The van der Waals surface area contributed by atoms with Crippen molar-refractivity contribution in [2.45, 2.75) is 45.2 Å². The standard InChI is InChI=1S/C11H22N2O3S/c1-4-11(2,3)13-9(14)7-17-6-5-8(12)10(15)16/h8H,4-7,12H2,1-3H3,(H,13,14)(H,15,16). The summed E-state index contributed by atoms with van der Waals surface area (Å²) in [7, 11) is 0. The summed E-state index contributed by atoms with van der Waals surface area (Å²) >= 11 is 1.40. The molecule has 0 saturated heterocycles. The molecule has 17 heavy (non-hydrogen) atoms. The van der Waals surface area contributed by atoms with Gasteiger partial charge in [0.2, 0.25) is 5.91 Å². The topological polar surface area (TPSA) is 92.4 Å². The Kier molecular flexibility index (Phi) is 7.22. The molecule has 1 amide bonds. The van der Waals surface area contributed by atoms with E-state index in [-0.39, 0.29) is 11.4 Å². The van der Waals surface area contributed by atoms with Crippen LogP contribution in [0.25, 0.3) is 0 Å². The van der Waals surface area contributed by atoms with Crippen molar-refractivity contribution in [2.24, 2.45) is 5.73 Å². The molecule has 0 aromatic carbocycles. The highest BCUT2D eigenvalue weighted by Crippen LogP contribution is 2.09. The summed E-state index contributed by atoms with van der Waals surface area (Å²) in [6.45, 7) is 5.95. The Morgan fingerprint density at radius 3 is 2.53 bits per heavy atom. The Morgan fingerprint density at radius 1 is 1.47 bits per heavy atom. The van der Waals surface area contributed by atoms with Crippen molar-refractivity contribution in [2.75, 3.05) is 11.5 Å². The van der Waals surface area contributed by atoms with E-state index in [0.29, 0.717) is 17.9 Å². The molecule has 0 rings (SSSR count). The fourth-order valence-electron chi connectivity index (χ4n) is 1.00. The molecule has 6 heteroatoms. The predicted octanol–water partition coefficient (Wildman–Crippen LogP) is 0.826. The summed E-state index contributed by atoms with van der Waals surface area (Å²) in [5.41, 5.74) is 5.16. The number of nitrogens with two attached hydrogens (primary N) is 1. The smallest absolute Gasteiger partial charge is 0.320 e. The number of hydrogen-bond acceptors (Lipinski definition) is 4. The van der Waals surface area contributed by atoms with Gasteiger partial charge in [-0.2, -0.15) is 11.8 Å². The zero-order chi connectivity index (χ0) is 13.5. The third-order valence-corrected chi connectivity index (χ3v) is 3.48. The van der Waals surface area contributed by atoms with E-state index >= 15 is 0 Å². The summed E-state index contributed by atoms with van der Waals surface area (Å²) in [6, 6.07) is -0.836. The number of carbonyl (C=O) groups excluding carboxylic acids is 1. The van der Waals surface area contributed by atoms with Gasteiger partial charge in [0.25, 0.3) is 0 Å². The maximum Gasteiger partial charge on any atom is 0.320 e. The largest absolute Gasteiger partial charge is 0.480 e. The number of rotatable bonds is 8. The summed E-state index contributed by atoms with van der Waals surface area (Å²) in [5, 5.41) is 11.5. The summed E-state index contributed by atoms with van der Waals surface area (Å²) in [4.78, 5) is 22.0. The first-order chi connectivity index (χ1) is 7.78. The first kappa shape index (κ1) is 16.2. The van der Waals surface area contributed by atoms with Gasteiger partial charge in [0.05, 0.1) is 5.75 Å². The number of aliphatic carboxylic acids is 1. The number of thioether (sulfide) groups is 1. The third kappa shape index (κ3) is 8.04. The molecule has 0 aliphatic heterocycles. The second kappa shape index (κ2) is 7.55. The van der Waals surface area contributed by atoms with E-state index in [1.54, 1.807) is 0 Å². The molecule has 1 unspecified atom stereocenters. The molecule has 0 bridgehead atoms. The third-order valence-electron chi connectivity index (χ3n) is 2.49. The lowest BCUT2D eigenvalue weighted by Crippen LogP contribution is -2.43. The molecule has 1 atom stereocenters. The quantitative estimate of drug-likeness (QED) is 0.563. The lowest BCUT2D eigenvalue weighted by Gasteiger charge is -2.24. The van der Waals surface area contributed by atoms with Crippen molar-refractivity contribution < 1.29 is 14.7 Å². The molecule has 0 aromatic rings. The average Bonchev–Trinajstić information content (AvgIpc) is 2.23. The highest BCUT2D eigenvalue weighted by Gasteiger charge is 2.17. The van der Waals surface area contributed by atoms with Gasteiger partial charge >= 0.3 is 5.97 Å². The van der Waals surface area contributed by atoms with Crippen molar-refractivity contribution in [1.82, 2.24) is 5.32 Å². The Bertz CT molecular complexity index is 269. The maximum absolute atomic E-state index is 11.5. The lowest BCUT2D eigenvalue weighted by molar-refractivity contribution is -0.138. The monoisotopic (exact) mass is 262 g/mol. The van der Waals surface area contributed by atoms with Crippen LogP contribution in [0.3, 0.4) is 0 Å². The van der Waals surface area contributed by atoms with E-state index in [1.165, 1.54) is 11.8 Å². The number of carboxylic acids is 1. The van der Waals surface area contributed by atoms with E-state index < -0.39 is 12.0 Å². The van der Waals surface area contributed by atoms with Gasteiger partial charge in [-0.25, -0.2) is 0 Å². The number of nitrogens with one attached hydrogen (secondary N) is 1.